The Kier molecular flexibility index (Phi) is 4.43. The highest BCUT2D eigenvalue weighted by Crippen LogP contribution is 2.25. The number of hydrogen-bond donors (Lipinski definition) is 2. The standard InChI is InChI=1S/C12H17N5O3S/c1-3-17-8-14-16-12(17)7-15-21(18,19)11-5-4-9(13)6-10(11)20-2/h4-6,8,15H,3,7,13H2,1-2H3. The first-order valence-corrected chi connectivity index (χ1v) is 7.76. The summed E-state index contributed by atoms with van der Waals surface area (Å²) in [7, 11) is -2.34. The molecule has 9 heteroatoms. The maximum Gasteiger partial charge on any atom is 0.244 e. The molecule has 8 nitrogen and oxygen atoms in total. The third kappa shape index (κ3) is 3.31. The zero-order valence-corrected chi connectivity index (χ0v) is 12.6. The summed E-state index contributed by atoms with van der Waals surface area (Å²) in [4.78, 5) is 0.0294. The van der Waals surface area contributed by atoms with Gasteiger partial charge in [0.2, 0.25) is 10.0 Å². The van der Waals surface area contributed by atoms with Crippen molar-refractivity contribution in [1.82, 2.24) is 19.5 Å². The molecule has 0 unspecified atom stereocenters. The number of nitrogens with one attached hydrogen (secondary N) is 1. The lowest BCUT2D eigenvalue weighted by molar-refractivity contribution is 0.402. The number of aromatic nitrogens is 3. The monoisotopic (exact) mass is 311 g/mol. The molecule has 1 aromatic carbocycles. The van der Waals surface area contributed by atoms with Gasteiger partial charge in [0.25, 0.3) is 0 Å². The lowest BCUT2D eigenvalue weighted by atomic mass is 10.3. The Labute approximate surface area is 123 Å². The molecular weight excluding hydrogens is 294 g/mol. The van der Waals surface area contributed by atoms with Gasteiger partial charge in [-0.2, -0.15) is 0 Å². The zero-order valence-electron chi connectivity index (χ0n) is 11.8. The third-order valence-electron chi connectivity index (χ3n) is 2.93. The number of sulfonamides is 1. The molecule has 0 fully saturated rings. The van der Waals surface area contributed by atoms with Gasteiger partial charge in [-0.1, -0.05) is 0 Å². The third-order valence-corrected chi connectivity index (χ3v) is 4.37. The van der Waals surface area contributed by atoms with Crippen molar-refractivity contribution >= 4 is 15.7 Å². The zero-order chi connectivity index (χ0) is 15.5. The molecule has 0 radical (unpaired) electrons. The van der Waals surface area contributed by atoms with Crippen LogP contribution in [0.5, 0.6) is 5.75 Å². The number of methoxy groups -OCH3 is 1. The van der Waals surface area contributed by atoms with Crippen LogP contribution in [0.4, 0.5) is 5.69 Å². The van der Waals surface area contributed by atoms with E-state index in [4.69, 9.17) is 10.5 Å². The van der Waals surface area contributed by atoms with Crippen LogP contribution in [0, 0.1) is 0 Å². The lowest BCUT2D eigenvalue weighted by Crippen LogP contribution is -2.25. The van der Waals surface area contributed by atoms with Crippen LogP contribution in [0.1, 0.15) is 12.7 Å². The maximum atomic E-state index is 12.3. The smallest absolute Gasteiger partial charge is 0.244 e. The molecule has 0 bridgehead atoms. The Morgan fingerprint density at radius 3 is 2.86 bits per heavy atom. The average molecular weight is 311 g/mol. The molecule has 0 saturated heterocycles. The number of rotatable bonds is 6. The minimum Gasteiger partial charge on any atom is -0.495 e. The van der Waals surface area contributed by atoms with E-state index in [1.165, 1.54) is 25.3 Å². The van der Waals surface area contributed by atoms with Crippen molar-refractivity contribution in [1.29, 1.82) is 0 Å². The van der Waals surface area contributed by atoms with Gasteiger partial charge in [0.05, 0.1) is 13.7 Å². The molecule has 0 amide bonds. The average Bonchev–Trinajstić information content (AvgIpc) is 2.92. The normalized spacial score (nSPS) is 11.5. The number of nitrogen functional groups attached to an aromatic ring is 1. The van der Waals surface area contributed by atoms with Gasteiger partial charge in [0.15, 0.2) is 0 Å². The molecule has 2 aromatic rings. The summed E-state index contributed by atoms with van der Waals surface area (Å²) < 4.78 is 33.9. The van der Waals surface area contributed by atoms with E-state index in [2.05, 4.69) is 14.9 Å². The summed E-state index contributed by atoms with van der Waals surface area (Å²) in [5.74, 6) is 0.731. The van der Waals surface area contributed by atoms with E-state index in [1.54, 1.807) is 10.9 Å². The summed E-state index contributed by atoms with van der Waals surface area (Å²) in [5.41, 5.74) is 6.05. The highest BCUT2D eigenvalue weighted by molar-refractivity contribution is 7.89. The predicted molar refractivity (Wildman–Crippen MR) is 77.1 cm³/mol. The molecule has 21 heavy (non-hydrogen) atoms. The highest BCUT2D eigenvalue weighted by Gasteiger charge is 2.20. The van der Waals surface area contributed by atoms with Gasteiger partial charge in [-0.05, 0) is 19.1 Å². The fourth-order valence-electron chi connectivity index (χ4n) is 1.82. The summed E-state index contributed by atoms with van der Waals surface area (Å²) in [6.45, 7) is 2.63. The number of nitrogens with zero attached hydrogens (tertiary/aromatic N) is 3. The molecule has 1 aromatic heterocycles. The quantitative estimate of drug-likeness (QED) is 0.745. The Morgan fingerprint density at radius 1 is 1.43 bits per heavy atom. The van der Waals surface area contributed by atoms with Gasteiger partial charge in [0.1, 0.15) is 22.8 Å². The molecule has 0 aliphatic heterocycles. The van der Waals surface area contributed by atoms with Gasteiger partial charge in [-0.3, -0.25) is 0 Å². The topological polar surface area (TPSA) is 112 Å². The van der Waals surface area contributed by atoms with E-state index in [0.717, 1.165) is 0 Å². The number of benzene rings is 1. The molecule has 3 N–H and O–H groups in total. The molecule has 0 spiro atoms. The highest BCUT2D eigenvalue weighted by atomic mass is 32.2. The number of hydrogen-bond acceptors (Lipinski definition) is 6. The Balaban J connectivity index is 2.23. The van der Waals surface area contributed by atoms with Gasteiger partial charge < -0.3 is 15.0 Å². The minimum atomic E-state index is -3.73. The fraction of sp³-hybridized carbons (Fsp3) is 0.333. The number of nitrogens with two attached hydrogens (primary N) is 1. The van der Waals surface area contributed by atoms with E-state index in [-0.39, 0.29) is 17.2 Å². The van der Waals surface area contributed by atoms with Gasteiger partial charge >= 0.3 is 0 Å². The van der Waals surface area contributed by atoms with Crippen molar-refractivity contribution in [3.63, 3.8) is 0 Å². The molecule has 0 saturated carbocycles. The van der Waals surface area contributed by atoms with Crippen LogP contribution in [-0.2, 0) is 23.1 Å². The molecule has 114 valence electrons. The number of aryl methyl sites for hydroxylation is 1. The molecule has 0 aliphatic carbocycles. The fourth-order valence-corrected chi connectivity index (χ4v) is 2.95. The second-order valence-corrected chi connectivity index (χ2v) is 6.00. The summed E-state index contributed by atoms with van der Waals surface area (Å²) in [5, 5.41) is 7.62. The van der Waals surface area contributed by atoms with Crippen LogP contribution in [0.15, 0.2) is 29.4 Å². The van der Waals surface area contributed by atoms with Crippen LogP contribution < -0.4 is 15.2 Å². The Morgan fingerprint density at radius 2 is 2.19 bits per heavy atom. The van der Waals surface area contributed by atoms with Crippen LogP contribution in [-0.4, -0.2) is 30.3 Å². The van der Waals surface area contributed by atoms with Gasteiger partial charge in [0, 0.05) is 18.3 Å². The SMILES string of the molecule is CCn1cnnc1CNS(=O)(=O)c1ccc(N)cc1OC. The van der Waals surface area contributed by atoms with Crippen LogP contribution >= 0.6 is 0 Å². The largest absolute Gasteiger partial charge is 0.495 e. The van der Waals surface area contributed by atoms with Crippen LogP contribution in [0.2, 0.25) is 0 Å². The van der Waals surface area contributed by atoms with Crippen molar-refractivity contribution in [2.75, 3.05) is 12.8 Å². The van der Waals surface area contributed by atoms with Crippen molar-refractivity contribution in [3.8, 4) is 5.75 Å². The molecular formula is C12H17N5O3S. The Hall–Kier alpha value is -2.13. The minimum absolute atomic E-state index is 0.0294. The van der Waals surface area contributed by atoms with E-state index in [0.29, 0.717) is 18.1 Å². The summed E-state index contributed by atoms with van der Waals surface area (Å²) in [6.07, 6.45) is 1.55. The van der Waals surface area contributed by atoms with E-state index >= 15 is 0 Å². The second kappa shape index (κ2) is 6.10. The van der Waals surface area contributed by atoms with Crippen LogP contribution in [0.25, 0.3) is 0 Å². The van der Waals surface area contributed by atoms with E-state index in [1.807, 2.05) is 6.92 Å². The molecule has 0 atom stereocenters. The van der Waals surface area contributed by atoms with Crippen molar-refractivity contribution in [2.24, 2.45) is 0 Å². The summed E-state index contributed by atoms with van der Waals surface area (Å²) in [6, 6.07) is 4.37. The van der Waals surface area contributed by atoms with Gasteiger partial charge in [-0.25, -0.2) is 13.1 Å². The maximum absolute atomic E-state index is 12.3. The number of anilines is 1. The van der Waals surface area contributed by atoms with Crippen molar-refractivity contribution < 1.29 is 13.2 Å². The molecule has 1 heterocycles. The summed E-state index contributed by atoms with van der Waals surface area (Å²) >= 11 is 0. The van der Waals surface area contributed by atoms with Crippen molar-refractivity contribution in [3.05, 3.63) is 30.4 Å². The van der Waals surface area contributed by atoms with Gasteiger partial charge in [-0.15, -0.1) is 10.2 Å². The van der Waals surface area contributed by atoms with E-state index < -0.39 is 10.0 Å². The first-order chi connectivity index (χ1) is 9.97. The van der Waals surface area contributed by atoms with Crippen LogP contribution in [0.3, 0.4) is 0 Å². The van der Waals surface area contributed by atoms with E-state index in [9.17, 15) is 8.42 Å². The lowest BCUT2D eigenvalue weighted by Gasteiger charge is -2.11. The first kappa shape index (κ1) is 15.3. The molecule has 2 rings (SSSR count). The number of ether oxygens (including phenoxy) is 1. The van der Waals surface area contributed by atoms with Crippen molar-refractivity contribution in [2.45, 2.75) is 24.9 Å². The Bertz CT molecular complexity index is 726. The predicted octanol–water partition coefficient (Wildman–Crippen LogP) is 0.367. The first-order valence-electron chi connectivity index (χ1n) is 6.27. The second-order valence-electron chi connectivity index (χ2n) is 4.27. The molecule has 0 aliphatic rings.